The monoisotopic (exact) mass is 427 g/mol. The van der Waals surface area contributed by atoms with Gasteiger partial charge >= 0.3 is 13.1 Å². The van der Waals surface area contributed by atoms with E-state index in [1.54, 1.807) is 23.9 Å². The van der Waals surface area contributed by atoms with Crippen molar-refractivity contribution in [3.63, 3.8) is 0 Å². The highest BCUT2D eigenvalue weighted by Crippen LogP contribution is 2.41. The summed E-state index contributed by atoms with van der Waals surface area (Å²) in [5.41, 5.74) is 6.12. The largest absolute Gasteiger partial charge is 0.537 e. The van der Waals surface area contributed by atoms with Gasteiger partial charge in [0.1, 0.15) is 17.1 Å². The number of fused-ring (bicyclic) bond motifs is 1. The van der Waals surface area contributed by atoms with E-state index >= 15 is 0 Å². The molecule has 1 atom stereocenters. The van der Waals surface area contributed by atoms with Crippen LogP contribution < -0.4 is 15.1 Å². The van der Waals surface area contributed by atoms with E-state index in [1.165, 1.54) is 30.2 Å². The molecule has 1 aromatic heterocycles. The molecule has 0 aliphatic carbocycles. The minimum atomic E-state index is -1.16. The van der Waals surface area contributed by atoms with Crippen molar-refractivity contribution in [2.45, 2.75) is 26.7 Å². The fraction of sp³-hybridized carbons (Fsp3) is 0.400. The molecule has 0 amide bonds. The Hall–Kier alpha value is -1.47. The number of benzene rings is 1. The minimum Gasteiger partial charge on any atom is -0.534 e. The van der Waals surface area contributed by atoms with E-state index < -0.39 is 13.1 Å². The number of aromatic nitrogens is 2. The number of ether oxygens (including phenoxy) is 1. The molecular formula is C15H18BN3O5S3. The van der Waals surface area contributed by atoms with Crippen molar-refractivity contribution < 1.29 is 24.3 Å². The molecule has 1 aliphatic rings. The molecule has 2 aromatic rings. The first kappa shape index (κ1) is 20.3. The molecule has 1 aromatic carbocycles. The van der Waals surface area contributed by atoms with E-state index in [2.05, 4.69) is 10.2 Å². The molecule has 2 heterocycles. The minimum absolute atomic E-state index is 0.0768. The van der Waals surface area contributed by atoms with E-state index in [0.717, 1.165) is 20.9 Å². The Morgan fingerprint density at radius 3 is 2.96 bits per heavy atom. The molecule has 0 spiro atoms. The van der Waals surface area contributed by atoms with E-state index in [9.17, 15) is 14.9 Å². The van der Waals surface area contributed by atoms with Crippen LogP contribution in [-0.4, -0.2) is 58.0 Å². The maximum Gasteiger partial charge on any atom is 0.537 e. The summed E-state index contributed by atoms with van der Waals surface area (Å²) in [5.74, 6) is 0.0765. The fourth-order valence-electron chi connectivity index (χ4n) is 2.57. The van der Waals surface area contributed by atoms with E-state index in [-0.39, 0.29) is 22.2 Å². The standard InChI is InChI=1S/C15H18BN3O5S3/c1-23-9-4-3-8-7-10(16(22)24-12(8)11(9)13(20)21)26-15-19-18-14(27-15)25-6-2-5-17/h3-4,10,22H,2,5-7,17H2,1H3,(H,20,21)/t10-/m0/s1. The molecule has 8 nitrogen and oxygen atoms in total. The first-order chi connectivity index (χ1) is 13.0. The average molecular weight is 427 g/mol. The van der Waals surface area contributed by atoms with Gasteiger partial charge in [-0.05, 0) is 31.0 Å². The second kappa shape index (κ2) is 9.15. The van der Waals surface area contributed by atoms with E-state index in [0.29, 0.717) is 18.5 Å². The van der Waals surface area contributed by atoms with Crippen LogP contribution in [0, 0.1) is 0 Å². The van der Waals surface area contributed by atoms with Crippen LogP contribution in [0.2, 0.25) is 0 Å². The SMILES string of the molecule is COc1ccc2c(c1C(=O)O)OB(O)[C@@H](Sc1nnc(SCCCN)s1)C2. The first-order valence-electron chi connectivity index (χ1n) is 8.14. The fourth-order valence-corrected chi connectivity index (χ4v) is 5.92. The summed E-state index contributed by atoms with van der Waals surface area (Å²) < 4.78 is 12.2. The highest BCUT2D eigenvalue weighted by atomic mass is 32.2. The smallest absolute Gasteiger partial charge is 0.534 e. The van der Waals surface area contributed by atoms with E-state index in [4.69, 9.17) is 15.1 Å². The van der Waals surface area contributed by atoms with Crippen LogP contribution in [0.5, 0.6) is 11.5 Å². The number of carboxylic acids is 1. The molecule has 0 saturated carbocycles. The topological polar surface area (TPSA) is 128 Å². The third kappa shape index (κ3) is 4.69. The Kier molecular flexibility index (Phi) is 6.87. The van der Waals surface area contributed by atoms with Crippen LogP contribution in [0.4, 0.5) is 0 Å². The summed E-state index contributed by atoms with van der Waals surface area (Å²) in [6.07, 6.45) is 1.36. The number of carboxylic acid groups (broad SMARTS) is 1. The lowest BCUT2D eigenvalue weighted by atomic mass is 9.77. The number of nitrogens with two attached hydrogens (primary N) is 1. The summed E-state index contributed by atoms with van der Waals surface area (Å²) in [5, 5.41) is 27.8. The molecule has 0 radical (unpaired) electrons. The van der Waals surface area contributed by atoms with E-state index in [1.807, 2.05) is 0 Å². The summed E-state index contributed by atoms with van der Waals surface area (Å²) in [6, 6.07) is 3.36. The predicted molar refractivity (Wildman–Crippen MR) is 106 cm³/mol. The number of nitrogens with zero attached hydrogens (tertiary/aromatic N) is 2. The van der Waals surface area contributed by atoms with Crippen molar-refractivity contribution in [2.75, 3.05) is 19.4 Å². The Morgan fingerprint density at radius 1 is 1.48 bits per heavy atom. The van der Waals surface area contributed by atoms with Crippen molar-refractivity contribution in [3.05, 3.63) is 23.3 Å². The molecule has 144 valence electrons. The first-order valence-corrected chi connectivity index (χ1v) is 10.8. The van der Waals surface area contributed by atoms with Crippen LogP contribution in [0.1, 0.15) is 22.3 Å². The van der Waals surface area contributed by atoms with Gasteiger partial charge < -0.3 is 25.3 Å². The number of methoxy groups -OCH3 is 1. The normalized spacial score (nSPS) is 16.0. The lowest BCUT2D eigenvalue weighted by Gasteiger charge is -2.27. The van der Waals surface area contributed by atoms with Crippen molar-refractivity contribution in [1.29, 1.82) is 0 Å². The molecule has 0 unspecified atom stereocenters. The molecule has 0 fully saturated rings. The van der Waals surface area contributed by atoms with Gasteiger partial charge in [-0.25, -0.2) is 4.79 Å². The summed E-state index contributed by atoms with van der Waals surface area (Å²) in [4.78, 5) is 11.6. The lowest BCUT2D eigenvalue weighted by molar-refractivity contribution is 0.0690. The second-order valence-electron chi connectivity index (χ2n) is 5.63. The molecular weight excluding hydrogens is 409 g/mol. The number of hydrogen-bond acceptors (Lipinski definition) is 10. The van der Waals surface area contributed by atoms with Crippen LogP contribution >= 0.6 is 34.9 Å². The van der Waals surface area contributed by atoms with Crippen molar-refractivity contribution in [2.24, 2.45) is 5.73 Å². The summed E-state index contributed by atoms with van der Waals surface area (Å²) in [6.45, 7) is 0.640. The number of carbonyl (C=O) groups is 1. The third-order valence-electron chi connectivity index (χ3n) is 3.83. The molecule has 3 rings (SSSR count). The highest BCUT2D eigenvalue weighted by Gasteiger charge is 2.39. The van der Waals surface area contributed by atoms with Crippen molar-refractivity contribution in [3.8, 4) is 11.5 Å². The Morgan fingerprint density at radius 2 is 2.26 bits per heavy atom. The zero-order valence-corrected chi connectivity index (χ0v) is 16.9. The maximum absolute atomic E-state index is 11.6. The van der Waals surface area contributed by atoms with Gasteiger partial charge in [-0.2, -0.15) is 0 Å². The Labute approximate surface area is 169 Å². The van der Waals surface area contributed by atoms with Gasteiger partial charge in [-0.3, -0.25) is 0 Å². The van der Waals surface area contributed by atoms with Gasteiger partial charge in [-0.1, -0.05) is 40.9 Å². The van der Waals surface area contributed by atoms with Gasteiger partial charge in [0.2, 0.25) is 0 Å². The molecule has 4 N–H and O–H groups in total. The zero-order chi connectivity index (χ0) is 19.4. The van der Waals surface area contributed by atoms with Gasteiger partial charge in [-0.15, -0.1) is 10.2 Å². The third-order valence-corrected chi connectivity index (χ3v) is 7.29. The zero-order valence-electron chi connectivity index (χ0n) is 14.5. The average Bonchev–Trinajstić information content (AvgIpc) is 3.09. The van der Waals surface area contributed by atoms with Crippen LogP contribution in [0.25, 0.3) is 0 Å². The Bertz CT molecular complexity index is 822. The van der Waals surface area contributed by atoms with Crippen LogP contribution in [0.15, 0.2) is 20.8 Å². The van der Waals surface area contributed by atoms with Gasteiger partial charge in [0, 0.05) is 5.75 Å². The highest BCUT2D eigenvalue weighted by molar-refractivity contribution is 8.04. The second-order valence-corrected chi connectivity index (χ2v) is 9.44. The van der Waals surface area contributed by atoms with Crippen molar-refractivity contribution in [1.82, 2.24) is 10.2 Å². The number of hydrogen-bond donors (Lipinski definition) is 3. The predicted octanol–water partition coefficient (Wildman–Crippen LogP) is 1.80. The molecule has 0 bridgehead atoms. The quantitative estimate of drug-likeness (QED) is 0.326. The van der Waals surface area contributed by atoms with Gasteiger partial charge in [0.25, 0.3) is 0 Å². The molecule has 0 saturated heterocycles. The molecule has 1 aliphatic heterocycles. The van der Waals surface area contributed by atoms with Gasteiger partial charge in [0.05, 0.1) is 12.3 Å². The van der Waals surface area contributed by atoms with Crippen LogP contribution in [-0.2, 0) is 6.42 Å². The lowest BCUT2D eigenvalue weighted by Crippen LogP contribution is -2.40. The number of rotatable bonds is 8. The van der Waals surface area contributed by atoms with Crippen LogP contribution in [0.3, 0.4) is 0 Å². The van der Waals surface area contributed by atoms with Gasteiger partial charge in [0.15, 0.2) is 8.68 Å². The Balaban J connectivity index is 1.74. The molecule has 27 heavy (non-hydrogen) atoms. The number of thioether (sulfide) groups is 2. The molecule has 12 heteroatoms. The summed E-state index contributed by atoms with van der Waals surface area (Å²) in [7, 11) is 0.231. The maximum atomic E-state index is 11.6. The number of aromatic carboxylic acids is 1. The van der Waals surface area contributed by atoms with Crippen molar-refractivity contribution >= 4 is 47.9 Å². The summed E-state index contributed by atoms with van der Waals surface area (Å²) >= 11 is 4.44.